The summed E-state index contributed by atoms with van der Waals surface area (Å²) in [4.78, 5) is 16.4. The molecule has 0 saturated carbocycles. The highest BCUT2D eigenvalue weighted by Crippen LogP contribution is 2.11. The summed E-state index contributed by atoms with van der Waals surface area (Å²) in [5.41, 5.74) is 1.15. The molecule has 0 spiro atoms. The van der Waals surface area contributed by atoms with E-state index in [2.05, 4.69) is 26.3 Å². The van der Waals surface area contributed by atoms with Gasteiger partial charge in [0.15, 0.2) is 15.8 Å². The van der Waals surface area contributed by atoms with E-state index in [4.69, 9.17) is 0 Å². The molecule has 1 aliphatic rings. The number of hydrogen-bond acceptors (Lipinski definition) is 5. The lowest BCUT2D eigenvalue weighted by Gasteiger charge is -2.13. The topological polar surface area (TPSA) is 99.7 Å². The van der Waals surface area contributed by atoms with Gasteiger partial charge in [0, 0.05) is 25.6 Å². The van der Waals surface area contributed by atoms with Gasteiger partial charge in [-0.05, 0) is 35.7 Å². The van der Waals surface area contributed by atoms with Crippen molar-refractivity contribution in [2.24, 2.45) is 4.99 Å². The zero-order valence-electron chi connectivity index (χ0n) is 13.7. The van der Waals surface area contributed by atoms with E-state index in [0.29, 0.717) is 25.5 Å². The molecular weight excluding hydrogens is 348 g/mol. The Morgan fingerprint density at radius 1 is 1.42 bits per heavy atom. The fourth-order valence-corrected chi connectivity index (χ4v) is 4.73. The zero-order chi connectivity index (χ0) is 17.4. The van der Waals surface area contributed by atoms with Gasteiger partial charge in [0.2, 0.25) is 5.91 Å². The van der Waals surface area contributed by atoms with Gasteiger partial charge in [-0.15, -0.1) is 0 Å². The number of nitrogens with zero attached hydrogens (tertiary/aromatic N) is 1. The number of sulfone groups is 1. The van der Waals surface area contributed by atoms with Crippen LogP contribution in [0.4, 0.5) is 0 Å². The van der Waals surface area contributed by atoms with Crippen LogP contribution in [0.5, 0.6) is 0 Å². The molecule has 24 heavy (non-hydrogen) atoms. The highest BCUT2D eigenvalue weighted by Gasteiger charge is 2.28. The van der Waals surface area contributed by atoms with Gasteiger partial charge in [0.1, 0.15) is 0 Å². The molecular formula is C15H24N4O3S2. The molecule has 9 heteroatoms. The first kappa shape index (κ1) is 18.7. The molecule has 2 heterocycles. The van der Waals surface area contributed by atoms with E-state index in [1.165, 1.54) is 0 Å². The summed E-state index contributed by atoms with van der Waals surface area (Å²) in [5, 5.41) is 13.1. The van der Waals surface area contributed by atoms with Crippen LogP contribution < -0.4 is 16.0 Å². The number of hydrogen-bond donors (Lipinski definition) is 3. The first-order valence-corrected chi connectivity index (χ1v) is 10.8. The second-order valence-electron chi connectivity index (χ2n) is 5.67. The minimum atomic E-state index is -2.97. The highest BCUT2D eigenvalue weighted by atomic mass is 32.2. The summed E-state index contributed by atoms with van der Waals surface area (Å²) in [6.45, 7) is 3.75. The zero-order valence-corrected chi connectivity index (χ0v) is 15.4. The number of amides is 1. The van der Waals surface area contributed by atoms with Gasteiger partial charge in [-0.25, -0.2) is 13.4 Å². The van der Waals surface area contributed by atoms with E-state index >= 15 is 0 Å². The van der Waals surface area contributed by atoms with Crippen LogP contribution in [-0.4, -0.2) is 50.9 Å². The van der Waals surface area contributed by atoms with Crippen molar-refractivity contribution in [3.05, 3.63) is 22.4 Å². The van der Waals surface area contributed by atoms with Crippen LogP contribution in [0, 0.1) is 0 Å². The molecule has 1 amide bonds. The second-order valence-corrected chi connectivity index (χ2v) is 8.68. The van der Waals surface area contributed by atoms with Crippen LogP contribution >= 0.6 is 11.3 Å². The molecule has 1 fully saturated rings. The SMILES string of the molecule is CCNC(=NCc1ccsc1)NCCC(=O)NC1CCS(=O)(=O)C1. The van der Waals surface area contributed by atoms with Crippen LogP contribution in [0.25, 0.3) is 0 Å². The van der Waals surface area contributed by atoms with Crippen LogP contribution in [-0.2, 0) is 21.2 Å². The maximum atomic E-state index is 11.9. The predicted molar refractivity (Wildman–Crippen MR) is 97.0 cm³/mol. The van der Waals surface area contributed by atoms with E-state index in [0.717, 1.165) is 12.1 Å². The van der Waals surface area contributed by atoms with Gasteiger partial charge in [-0.1, -0.05) is 0 Å². The van der Waals surface area contributed by atoms with Gasteiger partial charge in [-0.3, -0.25) is 4.79 Å². The van der Waals surface area contributed by atoms with Crippen LogP contribution in [0.3, 0.4) is 0 Å². The summed E-state index contributed by atoms with van der Waals surface area (Å²) < 4.78 is 22.8. The molecule has 7 nitrogen and oxygen atoms in total. The molecule has 0 aliphatic carbocycles. The first-order valence-electron chi connectivity index (χ1n) is 8.01. The van der Waals surface area contributed by atoms with E-state index < -0.39 is 9.84 Å². The number of guanidine groups is 1. The Morgan fingerprint density at radius 3 is 2.88 bits per heavy atom. The predicted octanol–water partition coefficient (Wildman–Crippen LogP) is 0.497. The molecule has 0 bridgehead atoms. The quantitative estimate of drug-likeness (QED) is 0.478. The Balaban J connectivity index is 1.71. The third-order valence-corrected chi connectivity index (χ3v) is 6.09. The average Bonchev–Trinajstić information content (AvgIpc) is 3.14. The van der Waals surface area contributed by atoms with Gasteiger partial charge in [-0.2, -0.15) is 11.3 Å². The van der Waals surface area contributed by atoms with Crippen LogP contribution in [0.15, 0.2) is 21.8 Å². The van der Waals surface area contributed by atoms with Crippen molar-refractivity contribution in [3.63, 3.8) is 0 Å². The van der Waals surface area contributed by atoms with Gasteiger partial charge >= 0.3 is 0 Å². The Labute approximate surface area is 146 Å². The number of carbonyl (C=O) groups excluding carboxylic acids is 1. The maximum Gasteiger partial charge on any atom is 0.222 e. The number of nitrogens with one attached hydrogen (secondary N) is 3. The third kappa shape index (κ3) is 6.48. The van der Waals surface area contributed by atoms with Gasteiger partial charge < -0.3 is 16.0 Å². The van der Waals surface area contributed by atoms with Crippen molar-refractivity contribution < 1.29 is 13.2 Å². The summed E-state index contributed by atoms with van der Waals surface area (Å²) in [7, 11) is -2.97. The normalized spacial score (nSPS) is 19.9. The fourth-order valence-electron chi connectivity index (χ4n) is 2.40. The number of carbonyl (C=O) groups is 1. The minimum absolute atomic E-state index is 0.0525. The van der Waals surface area contributed by atoms with Crippen molar-refractivity contribution in [2.45, 2.75) is 32.4 Å². The van der Waals surface area contributed by atoms with Crippen molar-refractivity contribution in [3.8, 4) is 0 Å². The lowest BCUT2D eigenvalue weighted by atomic mass is 10.2. The molecule has 1 saturated heterocycles. The second kappa shape index (κ2) is 9.03. The molecule has 1 aromatic rings. The summed E-state index contributed by atoms with van der Waals surface area (Å²) >= 11 is 1.64. The van der Waals surface area contributed by atoms with E-state index in [-0.39, 0.29) is 29.9 Å². The Kier molecular flexibility index (Phi) is 7.04. The molecule has 134 valence electrons. The minimum Gasteiger partial charge on any atom is -0.357 e. The number of aliphatic imine (C=N–C) groups is 1. The van der Waals surface area contributed by atoms with Gasteiger partial charge in [0.05, 0.1) is 18.1 Å². The largest absolute Gasteiger partial charge is 0.357 e. The molecule has 0 radical (unpaired) electrons. The van der Waals surface area contributed by atoms with Crippen LogP contribution in [0.1, 0.15) is 25.3 Å². The van der Waals surface area contributed by atoms with E-state index in [1.54, 1.807) is 11.3 Å². The summed E-state index contributed by atoms with van der Waals surface area (Å²) in [5.74, 6) is 0.741. The van der Waals surface area contributed by atoms with Gasteiger partial charge in [0.25, 0.3) is 0 Å². The average molecular weight is 373 g/mol. The molecule has 3 N–H and O–H groups in total. The van der Waals surface area contributed by atoms with Crippen molar-refractivity contribution in [2.75, 3.05) is 24.6 Å². The Bertz CT molecular complexity index is 656. The standard InChI is InChI=1S/C15H24N4O3S2/c1-2-16-15(18-9-12-4-7-23-10-12)17-6-3-14(20)19-13-5-8-24(21,22)11-13/h4,7,10,13H,2-3,5-6,8-9,11H2,1H3,(H,19,20)(H2,16,17,18). The molecule has 1 unspecified atom stereocenters. The molecule has 1 atom stereocenters. The summed E-state index contributed by atoms with van der Waals surface area (Å²) in [6.07, 6.45) is 0.783. The lowest BCUT2D eigenvalue weighted by molar-refractivity contribution is -0.121. The lowest BCUT2D eigenvalue weighted by Crippen LogP contribution is -2.41. The fraction of sp³-hybridized carbons (Fsp3) is 0.600. The highest BCUT2D eigenvalue weighted by molar-refractivity contribution is 7.91. The van der Waals surface area contributed by atoms with Crippen LogP contribution in [0.2, 0.25) is 0 Å². The Hall–Kier alpha value is -1.61. The van der Waals surface area contributed by atoms with Crippen molar-refractivity contribution in [1.82, 2.24) is 16.0 Å². The number of rotatable bonds is 7. The Morgan fingerprint density at radius 2 is 2.25 bits per heavy atom. The third-order valence-electron chi connectivity index (χ3n) is 3.59. The smallest absolute Gasteiger partial charge is 0.222 e. The van der Waals surface area contributed by atoms with E-state index in [1.807, 2.05) is 18.4 Å². The molecule has 0 aromatic carbocycles. The monoisotopic (exact) mass is 372 g/mol. The number of thiophene rings is 1. The van der Waals surface area contributed by atoms with Crippen molar-refractivity contribution in [1.29, 1.82) is 0 Å². The summed E-state index contributed by atoms with van der Waals surface area (Å²) in [6, 6.07) is 1.78. The van der Waals surface area contributed by atoms with E-state index in [9.17, 15) is 13.2 Å². The molecule has 2 rings (SSSR count). The molecule has 1 aromatic heterocycles. The first-order chi connectivity index (χ1) is 11.5. The van der Waals surface area contributed by atoms with Crippen molar-refractivity contribution >= 4 is 33.0 Å². The molecule has 1 aliphatic heterocycles. The maximum absolute atomic E-state index is 11.9.